The lowest BCUT2D eigenvalue weighted by Gasteiger charge is -2.14. The Bertz CT molecular complexity index is 482. The summed E-state index contributed by atoms with van der Waals surface area (Å²) in [6.07, 6.45) is 1.32. The van der Waals surface area contributed by atoms with Crippen molar-refractivity contribution < 1.29 is 9.59 Å². The van der Waals surface area contributed by atoms with E-state index in [1.54, 1.807) is 18.4 Å². The minimum absolute atomic E-state index is 0.0494. The molecule has 0 unspecified atom stereocenters. The second kappa shape index (κ2) is 7.35. The molecule has 0 atom stereocenters. The van der Waals surface area contributed by atoms with Crippen LogP contribution >= 0.6 is 0 Å². The number of rotatable bonds is 7. The molecule has 1 aromatic heterocycles. The van der Waals surface area contributed by atoms with Crippen molar-refractivity contribution in [2.75, 3.05) is 13.1 Å². The molecule has 0 bridgehead atoms. The van der Waals surface area contributed by atoms with Crippen LogP contribution in [-0.4, -0.2) is 30.0 Å². The predicted molar refractivity (Wildman–Crippen MR) is 71.9 cm³/mol. The van der Waals surface area contributed by atoms with Crippen LogP contribution in [0.5, 0.6) is 0 Å². The third kappa shape index (κ3) is 4.95. The van der Waals surface area contributed by atoms with Gasteiger partial charge in [-0.3, -0.25) is 14.4 Å². The molecule has 0 aliphatic heterocycles. The average Bonchev–Trinajstić information content (AvgIpc) is 2.33. The van der Waals surface area contributed by atoms with E-state index in [4.69, 9.17) is 0 Å². The van der Waals surface area contributed by atoms with E-state index in [1.807, 2.05) is 0 Å². The van der Waals surface area contributed by atoms with Crippen LogP contribution in [0.15, 0.2) is 16.9 Å². The SMILES string of the molecule is Cc1cc(=O)cc(C)n1CC(=O)NCCCNC=O. The van der Waals surface area contributed by atoms with Crippen LogP contribution < -0.4 is 16.1 Å². The molecule has 6 heteroatoms. The normalized spacial score (nSPS) is 10.0. The molecule has 19 heavy (non-hydrogen) atoms. The molecule has 0 aromatic carbocycles. The van der Waals surface area contributed by atoms with Gasteiger partial charge < -0.3 is 15.2 Å². The number of nitrogens with zero attached hydrogens (tertiary/aromatic N) is 1. The van der Waals surface area contributed by atoms with Crippen molar-refractivity contribution in [3.8, 4) is 0 Å². The van der Waals surface area contributed by atoms with Crippen LogP contribution in [0.3, 0.4) is 0 Å². The van der Waals surface area contributed by atoms with Crippen molar-refractivity contribution in [3.63, 3.8) is 0 Å². The Kier molecular flexibility index (Phi) is 5.78. The second-order valence-electron chi connectivity index (χ2n) is 4.34. The molecule has 0 saturated heterocycles. The quantitative estimate of drug-likeness (QED) is 0.525. The largest absolute Gasteiger partial charge is 0.359 e. The van der Waals surface area contributed by atoms with Crippen LogP contribution in [0.1, 0.15) is 17.8 Å². The van der Waals surface area contributed by atoms with E-state index < -0.39 is 0 Å². The van der Waals surface area contributed by atoms with Gasteiger partial charge in [-0.15, -0.1) is 0 Å². The van der Waals surface area contributed by atoms with E-state index in [0.717, 1.165) is 11.4 Å². The van der Waals surface area contributed by atoms with Crippen LogP contribution in [-0.2, 0) is 16.1 Å². The maximum Gasteiger partial charge on any atom is 0.239 e. The number of carbonyl (C=O) groups is 2. The zero-order valence-corrected chi connectivity index (χ0v) is 11.2. The molecule has 0 radical (unpaired) electrons. The number of hydrogen-bond donors (Lipinski definition) is 2. The van der Waals surface area contributed by atoms with Gasteiger partial charge in [0.25, 0.3) is 0 Å². The summed E-state index contributed by atoms with van der Waals surface area (Å²) in [6.45, 7) is 4.85. The average molecular weight is 265 g/mol. The van der Waals surface area contributed by atoms with Gasteiger partial charge in [-0.2, -0.15) is 0 Å². The molecule has 104 valence electrons. The summed E-state index contributed by atoms with van der Waals surface area (Å²) in [5.74, 6) is -0.110. The topological polar surface area (TPSA) is 80.2 Å². The summed E-state index contributed by atoms with van der Waals surface area (Å²) in [4.78, 5) is 33.0. The van der Waals surface area contributed by atoms with Crippen molar-refractivity contribution in [2.24, 2.45) is 0 Å². The fraction of sp³-hybridized carbons (Fsp3) is 0.462. The highest BCUT2D eigenvalue weighted by Gasteiger charge is 2.06. The fourth-order valence-electron chi connectivity index (χ4n) is 1.81. The van der Waals surface area contributed by atoms with Crippen molar-refractivity contribution in [2.45, 2.75) is 26.8 Å². The van der Waals surface area contributed by atoms with Gasteiger partial charge in [0, 0.05) is 36.6 Å². The van der Waals surface area contributed by atoms with Gasteiger partial charge in [-0.1, -0.05) is 0 Å². The smallest absolute Gasteiger partial charge is 0.239 e. The maximum atomic E-state index is 11.7. The molecule has 1 heterocycles. The molecule has 1 rings (SSSR count). The van der Waals surface area contributed by atoms with Gasteiger partial charge >= 0.3 is 0 Å². The van der Waals surface area contributed by atoms with Crippen molar-refractivity contribution in [1.82, 2.24) is 15.2 Å². The third-order valence-electron chi connectivity index (χ3n) is 2.76. The van der Waals surface area contributed by atoms with E-state index in [2.05, 4.69) is 10.6 Å². The Morgan fingerprint density at radius 2 is 1.89 bits per heavy atom. The molecule has 0 spiro atoms. The lowest BCUT2D eigenvalue weighted by atomic mass is 10.3. The van der Waals surface area contributed by atoms with Crippen LogP contribution in [0.2, 0.25) is 0 Å². The number of amides is 2. The summed E-state index contributed by atoms with van der Waals surface area (Å²) < 4.78 is 1.79. The molecular formula is C13H19N3O3. The number of aryl methyl sites for hydroxylation is 2. The molecule has 6 nitrogen and oxygen atoms in total. The molecule has 0 fully saturated rings. The fourth-order valence-corrected chi connectivity index (χ4v) is 1.81. The van der Waals surface area contributed by atoms with Crippen molar-refractivity contribution in [3.05, 3.63) is 33.7 Å². The summed E-state index contributed by atoms with van der Waals surface area (Å²) >= 11 is 0. The standard InChI is InChI=1S/C13H19N3O3/c1-10-6-12(18)7-11(2)16(10)8-13(19)15-5-3-4-14-9-17/h6-7,9H,3-5,8H2,1-2H3,(H,14,17)(H,15,19). The van der Waals surface area contributed by atoms with E-state index in [0.29, 0.717) is 25.9 Å². The van der Waals surface area contributed by atoms with Gasteiger partial charge in [0.15, 0.2) is 5.43 Å². The molecule has 0 aliphatic rings. The summed E-state index contributed by atoms with van der Waals surface area (Å²) in [7, 11) is 0. The lowest BCUT2D eigenvalue weighted by Crippen LogP contribution is -2.31. The minimum Gasteiger partial charge on any atom is -0.359 e. The lowest BCUT2D eigenvalue weighted by molar-refractivity contribution is -0.121. The van der Waals surface area contributed by atoms with E-state index in [9.17, 15) is 14.4 Å². The Hall–Kier alpha value is -2.11. The first-order valence-electron chi connectivity index (χ1n) is 6.16. The Balaban J connectivity index is 2.49. The van der Waals surface area contributed by atoms with Gasteiger partial charge in [0.05, 0.1) is 0 Å². The summed E-state index contributed by atoms with van der Waals surface area (Å²) in [5, 5.41) is 5.29. The van der Waals surface area contributed by atoms with Crippen LogP contribution in [0, 0.1) is 13.8 Å². The van der Waals surface area contributed by atoms with E-state index in [-0.39, 0.29) is 17.9 Å². The van der Waals surface area contributed by atoms with E-state index >= 15 is 0 Å². The van der Waals surface area contributed by atoms with Crippen LogP contribution in [0.25, 0.3) is 0 Å². The molecule has 2 N–H and O–H groups in total. The van der Waals surface area contributed by atoms with Crippen LogP contribution in [0.4, 0.5) is 0 Å². The molecular weight excluding hydrogens is 246 g/mol. The Morgan fingerprint density at radius 3 is 2.47 bits per heavy atom. The predicted octanol–water partition coefficient (Wildman–Crippen LogP) is -0.283. The number of nitrogens with one attached hydrogen (secondary N) is 2. The van der Waals surface area contributed by atoms with Gasteiger partial charge in [0.2, 0.25) is 12.3 Å². The molecule has 0 saturated carbocycles. The minimum atomic E-state index is -0.110. The van der Waals surface area contributed by atoms with Gasteiger partial charge in [-0.05, 0) is 20.3 Å². The number of hydrogen-bond acceptors (Lipinski definition) is 3. The molecule has 0 aliphatic carbocycles. The first-order chi connectivity index (χ1) is 9.04. The van der Waals surface area contributed by atoms with Crippen molar-refractivity contribution >= 4 is 12.3 Å². The Labute approximate surface area is 111 Å². The number of pyridine rings is 1. The first-order valence-corrected chi connectivity index (χ1v) is 6.16. The van der Waals surface area contributed by atoms with E-state index in [1.165, 1.54) is 12.1 Å². The van der Waals surface area contributed by atoms with Gasteiger partial charge in [0.1, 0.15) is 6.54 Å². The summed E-state index contributed by atoms with van der Waals surface area (Å²) in [6, 6.07) is 3.02. The third-order valence-corrected chi connectivity index (χ3v) is 2.76. The maximum absolute atomic E-state index is 11.7. The number of carbonyl (C=O) groups excluding carboxylic acids is 2. The summed E-state index contributed by atoms with van der Waals surface area (Å²) in [5.41, 5.74) is 1.48. The highest BCUT2D eigenvalue weighted by Crippen LogP contribution is 2.00. The monoisotopic (exact) mass is 265 g/mol. The molecule has 2 amide bonds. The Morgan fingerprint density at radius 1 is 1.26 bits per heavy atom. The second-order valence-corrected chi connectivity index (χ2v) is 4.34. The zero-order chi connectivity index (χ0) is 14.3. The van der Waals surface area contributed by atoms with Crippen molar-refractivity contribution in [1.29, 1.82) is 0 Å². The highest BCUT2D eigenvalue weighted by atomic mass is 16.2. The number of aromatic nitrogens is 1. The zero-order valence-electron chi connectivity index (χ0n) is 11.2. The van der Waals surface area contributed by atoms with Gasteiger partial charge in [-0.25, -0.2) is 0 Å². The molecule has 1 aromatic rings. The highest BCUT2D eigenvalue weighted by molar-refractivity contribution is 5.75. The first kappa shape index (κ1) is 14.9.